The second-order valence-corrected chi connectivity index (χ2v) is 21.6. The van der Waals surface area contributed by atoms with Crippen molar-refractivity contribution in [2.45, 2.75) is 69.0 Å². The first kappa shape index (κ1) is 43.2. The zero-order chi connectivity index (χ0) is 43.4. The van der Waals surface area contributed by atoms with Gasteiger partial charge in [0.1, 0.15) is 35.3 Å². The topological polar surface area (TPSA) is 138 Å². The lowest BCUT2D eigenvalue weighted by atomic mass is 9.80. The number of H-pyrrole nitrogens is 1. The second-order valence-electron chi connectivity index (χ2n) is 16.8. The van der Waals surface area contributed by atoms with Crippen LogP contribution in [0, 0.1) is 0 Å². The number of imidazole rings is 1. The molecule has 1 N–H and O–H groups in total. The van der Waals surface area contributed by atoms with E-state index < -0.39 is 44.0 Å². The van der Waals surface area contributed by atoms with Crippen molar-refractivity contribution in [3.05, 3.63) is 148 Å². The highest BCUT2D eigenvalue weighted by Crippen LogP contribution is 2.46. The molecule has 6 aromatic rings. The zero-order valence-electron chi connectivity index (χ0n) is 36.3. The van der Waals surface area contributed by atoms with Gasteiger partial charge in [-0.25, -0.2) is 9.98 Å². The van der Waals surface area contributed by atoms with Gasteiger partial charge in [-0.05, 0) is 64.7 Å². The number of aromatic nitrogens is 4. The Morgan fingerprint density at radius 1 is 0.852 bits per heavy atom. The first-order valence-corrected chi connectivity index (χ1v) is 23.2. The van der Waals surface area contributed by atoms with Crippen molar-refractivity contribution in [2.75, 3.05) is 34.9 Å². The van der Waals surface area contributed by atoms with Gasteiger partial charge in [0.15, 0.2) is 25.7 Å². The molecule has 61 heavy (non-hydrogen) atoms. The fraction of sp³-hybridized carbons (Fsp3) is 0.340. The molecule has 318 valence electrons. The van der Waals surface area contributed by atoms with Crippen molar-refractivity contribution in [2.24, 2.45) is 9.98 Å². The van der Waals surface area contributed by atoms with Gasteiger partial charge in [-0.1, -0.05) is 106 Å². The molecule has 1 aliphatic heterocycles. The molecule has 4 atom stereocenters. The third-order valence-electron chi connectivity index (χ3n) is 11.5. The van der Waals surface area contributed by atoms with E-state index >= 15 is 0 Å². The summed E-state index contributed by atoms with van der Waals surface area (Å²) in [5.41, 5.74) is 2.53. The van der Waals surface area contributed by atoms with Crippen LogP contribution in [0.2, 0.25) is 18.1 Å². The third kappa shape index (κ3) is 9.08. The van der Waals surface area contributed by atoms with Gasteiger partial charge in [0, 0.05) is 20.3 Å². The average molecular weight is 842 g/mol. The van der Waals surface area contributed by atoms with E-state index in [1.165, 1.54) is 0 Å². The molecule has 3 heterocycles. The monoisotopic (exact) mass is 841 g/mol. The molecule has 0 amide bonds. The molecule has 2 aromatic heterocycles. The fourth-order valence-electron chi connectivity index (χ4n) is 7.23. The van der Waals surface area contributed by atoms with Crippen molar-refractivity contribution in [1.29, 1.82) is 0 Å². The molecule has 1 saturated heterocycles. The average Bonchev–Trinajstić information content (AvgIpc) is 3.83. The summed E-state index contributed by atoms with van der Waals surface area (Å²) in [5.74, 6) is 1.58. The Labute approximate surface area is 358 Å². The van der Waals surface area contributed by atoms with Gasteiger partial charge in [-0.3, -0.25) is 19.3 Å². The maximum absolute atomic E-state index is 13.4. The first-order chi connectivity index (χ1) is 29.2. The molecule has 13 nitrogen and oxygen atoms in total. The van der Waals surface area contributed by atoms with E-state index in [0.717, 1.165) is 33.8 Å². The van der Waals surface area contributed by atoms with Crippen LogP contribution in [-0.4, -0.2) is 98.5 Å². The van der Waals surface area contributed by atoms with Gasteiger partial charge >= 0.3 is 0 Å². The van der Waals surface area contributed by atoms with E-state index in [-0.39, 0.29) is 23.1 Å². The predicted molar refractivity (Wildman–Crippen MR) is 242 cm³/mol. The minimum Gasteiger partial charge on any atom is -0.497 e. The van der Waals surface area contributed by atoms with Crippen LogP contribution < -0.4 is 15.0 Å². The molecule has 1 fully saturated rings. The summed E-state index contributed by atoms with van der Waals surface area (Å²) in [5, 5.41) is -0.161. The molecule has 0 saturated carbocycles. The van der Waals surface area contributed by atoms with Gasteiger partial charge in [-0.2, -0.15) is 4.98 Å². The Kier molecular flexibility index (Phi) is 12.7. The summed E-state index contributed by atoms with van der Waals surface area (Å²) in [6.07, 6.45) is 2.92. The Bertz CT molecular complexity index is 2450. The summed E-state index contributed by atoms with van der Waals surface area (Å²) in [7, 11) is 4.46. The van der Waals surface area contributed by atoms with Crippen molar-refractivity contribution >= 4 is 38.0 Å². The quantitative estimate of drug-likeness (QED) is 0.0470. The van der Waals surface area contributed by atoms with Crippen molar-refractivity contribution in [3.8, 4) is 11.5 Å². The van der Waals surface area contributed by atoms with Gasteiger partial charge in [0.2, 0.25) is 5.95 Å². The van der Waals surface area contributed by atoms with E-state index in [2.05, 4.69) is 61.0 Å². The highest BCUT2D eigenvalue weighted by Gasteiger charge is 2.52. The van der Waals surface area contributed by atoms with Gasteiger partial charge in [-0.15, -0.1) is 0 Å². The number of benzene rings is 4. The minimum atomic E-state index is -2.52. The number of nitrogens with zero attached hydrogens (tertiary/aromatic N) is 6. The number of ether oxygens (including phenoxy) is 4. The maximum atomic E-state index is 13.4. The van der Waals surface area contributed by atoms with Crippen LogP contribution in [0.15, 0.2) is 130 Å². The van der Waals surface area contributed by atoms with Crippen LogP contribution in [0.4, 0.5) is 5.95 Å². The fourth-order valence-corrected chi connectivity index (χ4v) is 8.52. The number of aromatic amines is 1. The van der Waals surface area contributed by atoms with Gasteiger partial charge < -0.3 is 28.3 Å². The standard InChI is InChI=1S/C47H55N7O6Si/c1-46(2,3)61(8,9)60-41-39(48-28-32-16-12-10-13-17-32)38(59-44(41)54-31-49-40-42(54)51-45(52-43(40)55)50-30-53(4)5)29-58-47(33-18-14-11-15-19-33,34-20-24-36(56-6)25-21-34)35-22-26-37(57-7)27-23-35/h10-28,30-31,38-39,41,44H,29H2,1-9H3,(H,51,52,55)/b48-28?,50-30+/t38-,39-,41-,44-/m1/s1. The van der Waals surface area contributed by atoms with E-state index in [1.54, 1.807) is 36.4 Å². The molecule has 0 spiro atoms. The Hall–Kier alpha value is -5.93. The first-order valence-electron chi connectivity index (χ1n) is 20.3. The normalized spacial score (nSPS) is 18.6. The number of methoxy groups -OCH3 is 2. The van der Waals surface area contributed by atoms with Crippen molar-refractivity contribution in [3.63, 3.8) is 0 Å². The summed E-state index contributed by atoms with van der Waals surface area (Å²) >= 11 is 0. The number of rotatable bonds is 15. The van der Waals surface area contributed by atoms with E-state index in [9.17, 15) is 4.79 Å². The van der Waals surface area contributed by atoms with Crippen LogP contribution in [0.25, 0.3) is 11.2 Å². The summed E-state index contributed by atoms with van der Waals surface area (Å²) < 4.78 is 35.0. The van der Waals surface area contributed by atoms with E-state index in [1.807, 2.05) is 117 Å². The van der Waals surface area contributed by atoms with Crippen LogP contribution in [0.3, 0.4) is 0 Å². The molecule has 4 aromatic carbocycles. The predicted octanol–water partition coefficient (Wildman–Crippen LogP) is 8.14. The van der Waals surface area contributed by atoms with Crippen LogP contribution in [0.1, 0.15) is 49.3 Å². The largest absolute Gasteiger partial charge is 0.497 e. The smallest absolute Gasteiger partial charge is 0.280 e. The molecule has 0 aliphatic carbocycles. The summed E-state index contributed by atoms with van der Waals surface area (Å²) in [6, 6.07) is 35.4. The summed E-state index contributed by atoms with van der Waals surface area (Å²) in [4.78, 5) is 36.9. The Morgan fingerprint density at radius 2 is 1.43 bits per heavy atom. The minimum absolute atomic E-state index is 0.0800. The molecule has 0 bridgehead atoms. The lowest BCUT2D eigenvalue weighted by molar-refractivity contribution is -0.0850. The Morgan fingerprint density at radius 3 is 1.98 bits per heavy atom. The van der Waals surface area contributed by atoms with Crippen LogP contribution >= 0.6 is 0 Å². The zero-order valence-corrected chi connectivity index (χ0v) is 37.3. The second kappa shape index (κ2) is 18.0. The van der Waals surface area contributed by atoms with Crippen LogP contribution in [0.5, 0.6) is 11.5 Å². The van der Waals surface area contributed by atoms with Gasteiger partial charge in [0.05, 0.1) is 33.5 Å². The molecular formula is C47H55N7O6Si. The number of hydrogen-bond acceptors (Lipinski definition) is 10. The number of fused-ring (bicyclic) bond motifs is 1. The van der Waals surface area contributed by atoms with Crippen LogP contribution in [-0.2, 0) is 19.5 Å². The maximum Gasteiger partial charge on any atom is 0.280 e. The number of nitrogens with one attached hydrogen (secondary N) is 1. The Balaban J connectivity index is 1.40. The van der Waals surface area contributed by atoms with Gasteiger partial charge in [0.25, 0.3) is 5.56 Å². The third-order valence-corrected chi connectivity index (χ3v) is 16.0. The molecule has 0 radical (unpaired) electrons. The molecule has 14 heteroatoms. The SMILES string of the molecule is COc1ccc(C(OC[C@H]2O[C@@H](n3cnc4c(=O)[nH]c(/N=C/N(C)C)nc43)[C@H](O[Si](C)(C)C(C)(C)C)[C@@H]2N=Cc2ccccc2)(c2ccccc2)c2ccc(OC)cc2)cc1. The molecule has 1 aliphatic rings. The van der Waals surface area contributed by atoms with E-state index in [4.69, 9.17) is 33.3 Å². The number of aliphatic imine (C=N–C) groups is 2. The molecular weight excluding hydrogens is 787 g/mol. The highest BCUT2D eigenvalue weighted by molar-refractivity contribution is 6.74. The highest BCUT2D eigenvalue weighted by atomic mass is 28.4. The molecule has 0 unspecified atom stereocenters. The van der Waals surface area contributed by atoms with Crippen molar-refractivity contribution in [1.82, 2.24) is 24.4 Å². The molecule has 7 rings (SSSR count). The summed E-state index contributed by atoms with van der Waals surface area (Å²) in [6.45, 7) is 11.1. The van der Waals surface area contributed by atoms with Crippen molar-refractivity contribution < 1.29 is 23.4 Å². The lowest BCUT2D eigenvalue weighted by Crippen LogP contribution is -2.48. The lowest BCUT2D eigenvalue weighted by Gasteiger charge is -2.40. The van der Waals surface area contributed by atoms with E-state index in [0.29, 0.717) is 5.65 Å². The number of hydrogen-bond donors (Lipinski definition) is 1.